The van der Waals surface area contributed by atoms with Crippen molar-refractivity contribution in [2.45, 2.75) is 36.9 Å². The zero-order valence-corrected chi connectivity index (χ0v) is 20.2. The molecular weight excluding hydrogens is 541 g/mol. The third-order valence-electron chi connectivity index (χ3n) is 6.16. The van der Waals surface area contributed by atoms with E-state index in [1.807, 2.05) is 0 Å². The molecule has 2 atom stereocenters. The lowest BCUT2D eigenvalue weighted by molar-refractivity contribution is -0.143. The van der Waals surface area contributed by atoms with E-state index in [4.69, 9.17) is 0 Å². The molecule has 2 aromatic rings. The Morgan fingerprint density at radius 3 is 1.76 bits per heavy atom. The lowest BCUT2D eigenvalue weighted by Gasteiger charge is -2.40. The number of halogens is 10. The first kappa shape index (κ1) is 30.6. The number of benzene rings is 2. The molecule has 206 valence electrons. The predicted molar refractivity (Wildman–Crippen MR) is 121 cm³/mol. The second kappa shape index (κ2) is 11.0. The molecule has 37 heavy (non-hydrogen) atoms. The van der Waals surface area contributed by atoms with E-state index in [0.717, 1.165) is 19.2 Å². The van der Waals surface area contributed by atoms with Crippen LogP contribution in [0.3, 0.4) is 0 Å². The highest BCUT2D eigenvalue weighted by molar-refractivity contribution is 5.91. The number of carbonyl (C=O) groups excluding carboxylic acids is 1. The van der Waals surface area contributed by atoms with Crippen LogP contribution in [0.15, 0.2) is 42.5 Å². The van der Waals surface area contributed by atoms with Crippen LogP contribution >= 0.6 is 12.4 Å². The summed E-state index contributed by atoms with van der Waals surface area (Å²) in [5, 5.41) is 3.09. The van der Waals surface area contributed by atoms with Gasteiger partial charge in [0.25, 0.3) is 0 Å². The molecule has 4 nitrogen and oxygen atoms in total. The van der Waals surface area contributed by atoms with Crippen LogP contribution in [0.2, 0.25) is 0 Å². The summed E-state index contributed by atoms with van der Waals surface area (Å²) in [6.07, 6.45) is -14.3. The summed E-state index contributed by atoms with van der Waals surface area (Å²) < 4.78 is 118. The fourth-order valence-electron chi connectivity index (χ4n) is 4.19. The number of rotatable bonds is 3. The molecule has 14 heteroatoms. The Morgan fingerprint density at radius 2 is 1.30 bits per heavy atom. The fourth-order valence-corrected chi connectivity index (χ4v) is 4.19. The van der Waals surface area contributed by atoms with Crippen molar-refractivity contribution in [1.82, 2.24) is 10.2 Å². The molecule has 0 saturated carbocycles. The zero-order chi connectivity index (χ0) is 27.1. The summed E-state index contributed by atoms with van der Waals surface area (Å²) in [6.45, 7) is 0.754. The van der Waals surface area contributed by atoms with Gasteiger partial charge in [-0.15, -0.1) is 12.4 Å². The summed E-state index contributed by atoms with van der Waals surface area (Å²) in [7, 11) is 2.41. The van der Waals surface area contributed by atoms with Crippen molar-refractivity contribution in [3.8, 4) is 0 Å². The molecule has 1 N–H and O–H groups in total. The summed E-state index contributed by atoms with van der Waals surface area (Å²) >= 11 is 0. The van der Waals surface area contributed by atoms with Gasteiger partial charge in [-0.25, -0.2) is 4.79 Å². The number of anilines is 1. The van der Waals surface area contributed by atoms with Gasteiger partial charge in [-0.05, 0) is 48.9 Å². The number of urea groups is 1. The number of nitrogens with zero attached hydrogens (tertiary/aromatic N) is 2. The molecule has 1 saturated heterocycles. The summed E-state index contributed by atoms with van der Waals surface area (Å²) in [5.41, 5.74) is -4.06. The van der Waals surface area contributed by atoms with Gasteiger partial charge in [0.2, 0.25) is 0 Å². The van der Waals surface area contributed by atoms with Gasteiger partial charge in [-0.3, -0.25) is 4.90 Å². The number of nitrogens with one attached hydrogen (secondary N) is 1. The number of likely N-dealkylation sites (N-methyl/N-ethyl adjacent to an activating group) is 1. The quantitative estimate of drug-likeness (QED) is 0.417. The molecule has 2 amide bonds. The number of hydrogen-bond acceptors (Lipinski definition) is 2. The lowest BCUT2D eigenvalue weighted by atomic mass is 9.85. The second-order valence-corrected chi connectivity index (χ2v) is 8.50. The Kier molecular flexibility index (Phi) is 9.07. The molecule has 3 rings (SSSR count). The Labute approximate surface area is 212 Å². The van der Waals surface area contributed by atoms with Crippen LogP contribution in [0.5, 0.6) is 0 Å². The first-order valence-electron chi connectivity index (χ1n) is 10.7. The number of alkyl halides is 9. The monoisotopic (exact) mass is 563 g/mol. The third kappa shape index (κ3) is 7.01. The molecule has 0 unspecified atom stereocenters. The average molecular weight is 564 g/mol. The standard InChI is InChI=1S/C23H22F9N3O.ClH/c1-34(17-10-15(22(27,28)29)9-16(11-17)23(30,31)32)20(36)35(2)19-7-8-33-12-18(19)13-3-5-14(6-4-13)21(24,25)26;/h3-6,9-11,18-19,33H,7-8,12H2,1-2H3;1H/t18-,19+;/m0./s1. The second-order valence-electron chi connectivity index (χ2n) is 8.50. The largest absolute Gasteiger partial charge is 0.416 e. The van der Waals surface area contributed by atoms with Crippen molar-refractivity contribution in [2.24, 2.45) is 0 Å². The van der Waals surface area contributed by atoms with Crippen LogP contribution in [0.1, 0.15) is 34.6 Å². The number of carbonyl (C=O) groups is 1. The lowest BCUT2D eigenvalue weighted by Crippen LogP contribution is -2.52. The van der Waals surface area contributed by atoms with E-state index in [0.29, 0.717) is 42.1 Å². The fraction of sp³-hybridized carbons (Fsp3) is 0.435. The molecule has 2 aromatic carbocycles. The molecule has 0 aromatic heterocycles. The van der Waals surface area contributed by atoms with Gasteiger partial charge < -0.3 is 10.2 Å². The summed E-state index contributed by atoms with van der Waals surface area (Å²) in [6, 6.07) is 3.84. The Balaban J connectivity index is 0.00000481. The molecular formula is C23H23ClF9N3O. The van der Waals surface area contributed by atoms with E-state index in [-0.39, 0.29) is 18.5 Å². The molecule has 1 fully saturated rings. The highest BCUT2D eigenvalue weighted by Gasteiger charge is 2.39. The normalized spacial score (nSPS) is 18.7. The van der Waals surface area contributed by atoms with E-state index in [2.05, 4.69) is 5.32 Å². The highest BCUT2D eigenvalue weighted by atomic mass is 35.5. The number of amides is 2. The maximum atomic E-state index is 13.2. The Hall–Kier alpha value is -2.67. The smallest absolute Gasteiger partial charge is 0.324 e. The molecule has 0 radical (unpaired) electrons. The van der Waals surface area contributed by atoms with E-state index in [1.165, 1.54) is 24.1 Å². The van der Waals surface area contributed by atoms with Crippen molar-refractivity contribution in [1.29, 1.82) is 0 Å². The van der Waals surface area contributed by atoms with Gasteiger partial charge in [0.05, 0.1) is 16.7 Å². The minimum absolute atomic E-state index is 0. The van der Waals surface area contributed by atoms with Crippen molar-refractivity contribution in [3.63, 3.8) is 0 Å². The average Bonchev–Trinajstić information content (AvgIpc) is 2.80. The van der Waals surface area contributed by atoms with Crippen molar-refractivity contribution < 1.29 is 44.3 Å². The summed E-state index contributed by atoms with van der Waals surface area (Å²) in [5.74, 6) is -0.462. The van der Waals surface area contributed by atoms with Crippen LogP contribution in [-0.2, 0) is 18.5 Å². The topological polar surface area (TPSA) is 35.6 Å². The van der Waals surface area contributed by atoms with Gasteiger partial charge in [-0.1, -0.05) is 12.1 Å². The van der Waals surface area contributed by atoms with Gasteiger partial charge in [0, 0.05) is 38.3 Å². The maximum absolute atomic E-state index is 13.2. The number of hydrogen-bond donors (Lipinski definition) is 1. The van der Waals surface area contributed by atoms with Crippen LogP contribution < -0.4 is 10.2 Å². The number of piperidine rings is 1. The predicted octanol–water partition coefficient (Wildman–Crippen LogP) is 6.80. The van der Waals surface area contributed by atoms with Gasteiger partial charge in [0.1, 0.15) is 0 Å². The van der Waals surface area contributed by atoms with E-state index < -0.39 is 58.9 Å². The summed E-state index contributed by atoms with van der Waals surface area (Å²) in [4.78, 5) is 15.0. The molecule has 1 aliphatic heterocycles. The molecule has 0 bridgehead atoms. The Bertz CT molecular complexity index is 1050. The van der Waals surface area contributed by atoms with Crippen molar-refractivity contribution in [2.75, 3.05) is 32.1 Å². The molecule has 1 aliphatic rings. The van der Waals surface area contributed by atoms with E-state index in [9.17, 15) is 44.3 Å². The Morgan fingerprint density at radius 1 is 0.811 bits per heavy atom. The first-order chi connectivity index (χ1) is 16.5. The molecule has 1 heterocycles. The van der Waals surface area contributed by atoms with Crippen molar-refractivity contribution in [3.05, 3.63) is 64.7 Å². The highest BCUT2D eigenvalue weighted by Crippen LogP contribution is 2.39. The maximum Gasteiger partial charge on any atom is 0.416 e. The van der Waals surface area contributed by atoms with Crippen LogP contribution in [0.25, 0.3) is 0 Å². The van der Waals surface area contributed by atoms with Gasteiger partial charge in [0.15, 0.2) is 0 Å². The van der Waals surface area contributed by atoms with Gasteiger partial charge >= 0.3 is 24.6 Å². The zero-order valence-electron chi connectivity index (χ0n) is 19.4. The molecule has 0 aliphatic carbocycles. The third-order valence-corrected chi connectivity index (χ3v) is 6.16. The minimum Gasteiger partial charge on any atom is -0.324 e. The minimum atomic E-state index is -5.07. The SMILES string of the molecule is CN(C(=O)N(C)[C@@H]1CCNC[C@H]1c1ccc(C(F)(F)F)cc1)c1cc(C(F)(F)F)cc(C(F)(F)F)c1.Cl. The van der Waals surface area contributed by atoms with E-state index >= 15 is 0 Å². The van der Waals surface area contributed by atoms with Crippen LogP contribution in [0, 0.1) is 0 Å². The van der Waals surface area contributed by atoms with Gasteiger partial charge in [-0.2, -0.15) is 39.5 Å². The van der Waals surface area contributed by atoms with Crippen LogP contribution in [-0.4, -0.2) is 44.2 Å². The van der Waals surface area contributed by atoms with Crippen molar-refractivity contribution >= 4 is 24.1 Å². The van der Waals surface area contributed by atoms with E-state index in [1.54, 1.807) is 0 Å². The molecule has 0 spiro atoms. The first-order valence-corrected chi connectivity index (χ1v) is 10.7. The van der Waals surface area contributed by atoms with Crippen LogP contribution in [0.4, 0.5) is 50.0 Å².